The molecule has 0 aliphatic carbocycles. The molecule has 0 aliphatic heterocycles. The largest absolute Gasteiger partial charge is 0.325 e. The smallest absolute Gasteiger partial charge is 0.234 e. The number of nitrogens with one attached hydrogen (secondary N) is 1. The lowest BCUT2D eigenvalue weighted by atomic mass is 10.2. The van der Waals surface area contributed by atoms with Gasteiger partial charge in [-0.2, -0.15) is 0 Å². The summed E-state index contributed by atoms with van der Waals surface area (Å²) in [4.78, 5) is 16.6. The Labute approximate surface area is 194 Å². The van der Waals surface area contributed by atoms with Crippen molar-refractivity contribution in [2.24, 2.45) is 0 Å². The maximum Gasteiger partial charge on any atom is 0.234 e. The highest BCUT2D eigenvalue weighted by Crippen LogP contribution is 2.28. The number of benzene rings is 2. The first-order valence-electron chi connectivity index (χ1n) is 8.90. The average molecular weight is 545 g/mol. The molecule has 2 heterocycles. The summed E-state index contributed by atoms with van der Waals surface area (Å²) in [5, 5.41) is 12.2. The number of amides is 1. The molecule has 2 aromatic carbocycles. The van der Waals surface area contributed by atoms with Crippen molar-refractivity contribution in [3.05, 3.63) is 82.0 Å². The first-order valence-corrected chi connectivity index (χ1v) is 11.5. The van der Waals surface area contributed by atoms with Crippen LogP contribution >= 0.6 is 43.6 Å². The topological polar surface area (TPSA) is 72.7 Å². The summed E-state index contributed by atoms with van der Waals surface area (Å²) >= 11 is 8.18. The van der Waals surface area contributed by atoms with Gasteiger partial charge in [0.15, 0.2) is 11.0 Å². The number of pyridine rings is 1. The zero-order valence-electron chi connectivity index (χ0n) is 15.5. The van der Waals surface area contributed by atoms with E-state index in [4.69, 9.17) is 0 Å². The Balaban J connectivity index is 1.58. The third kappa shape index (κ3) is 4.97. The SMILES string of the molecule is O=C(CSc1nnc(-c2cccnc2)n1-c1ccc(Br)cc1)Nc1ccc(Br)cc1. The molecule has 6 nitrogen and oxygen atoms in total. The number of nitrogens with zero attached hydrogens (tertiary/aromatic N) is 4. The van der Waals surface area contributed by atoms with Crippen LogP contribution in [0.15, 0.2) is 87.2 Å². The van der Waals surface area contributed by atoms with Crippen molar-refractivity contribution in [3.63, 3.8) is 0 Å². The Morgan fingerprint density at radius 3 is 2.33 bits per heavy atom. The van der Waals surface area contributed by atoms with Gasteiger partial charge in [0.1, 0.15) is 0 Å². The van der Waals surface area contributed by atoms with E-state index < -0.39 is 0 Å². The number of carbonyl (C=O) groups is 1. The van der Waals surface area contributed by atoms with Gasteiger partial charge in [-0.3, -0.25) is 14.3 Å². The number of rotatable bonds is 6. The molecule has 0 aliphatic rings. The van der Waals surface area contributed by atoms with Crippen molar-refractivity contribution >= 4 is 55.2 Å². The van der Waals surface area contributed by atoms with Crippen LogP contribution in [0.3, 0.4) is 0 Å². The summed E-state index contributed by atoms with van der Waals surface area (Å²) in [7, 11) is 0. The van der Waals surface area contributed by atoms with Crippen LogP contribution in [0, 0.1) is 0 Å². The monoisotopic (exact) mass is 543 g/mol. The highest BCUT2D eigenvalue weighted by atomic mass is 79.9. The van der Waals surface area contributed by atoms with Crippen LogP contribution in [0.1, 0.15) is 0 Å². The number of anilines is 1. The molecule has 0 bridgehead atoms. The van der Waals surface area contributed by atoms with Crippen molar-refractivity contribution in [2.45, 2.75) is 5.16 Å². The predicted octanol–water partition coefficient (Wildman–Crippen LogP) is 5.59. The zero-order valence-corrected chi connectivity index (χ0v) is 19.5. The van der Waals surface area contributed by atoms with Gasteiger partial charge in [0.05, 0.1) is 5.75 Å². The van der Waals surface area contributed by atoms with Gasteiger partial charge < -0.3 is 5.32 Å². The molecule has 150 valence electrons. The minimum Gasteiger partial charge on any atom is -0.325 e. The molecule has 2 aromatic heterocycles. The number of hydrogen-bond donors (Lipinski definition) is 1. The second-order valence-corrected chi connectivity index (χ2v) is 8.98. The quantitative estimate of drug-likeness (QED) is 0.320. The summed E-state index contributed by atoms with van der Waals surface area (Å²) in [5.41, 5.74) is 2.49. The van der Waals surface area contributed by atoms with E-state index in [0.29, 0.717) is 11.0 Å². The summed E-state index contributed by atoms with van der Waals surface area (Å²) in [5.74, 6) is 0.759. The van der Waals surface area contributed by atoms with E-state index in [9.17, 15) is 4.79 Å². The van der Waals surface area contributed by atoms with Crippen molar-refractivity contribution < 1.29 is 4.79 Å². The second-order valence-electron chi connectivity index (χ2n) is 6.20. The van der Waals surface area contributed by atoms with Crippen LogP contribution in [0.25, 0.3) is 17.1 Å². The summed E-state index contributed by atoms with van der Waals surface area (Å²) in [6.45, 7) is 0. The van der Waals surface area contributed by atoms with Crippen LogP contribution in [-0.4, -0.2) is 31.4 Å². The van der Waals surface area contributed by atoms with Gasteiger partial charge in [0.2, 0.25) is 5.91 Å². The summed E-state index contributed by atoms with van der Waals surface area (Å²) < 4.78 is 3.87. The number of thioether (sulfide) groups is 1. The molecule has 0 atom stereocenters. The van der Waals surface area contributed by atoms with Crippen molar-refractivity contribution in [1.82, 2.24) is 19.7 Å². The zero-order chi connectivity index (χ0) is 20.9. The molecule has 1 N–H and O–H groups in total. The molecule has 0 fully saturated rings. The fourth-order valence-corrected chi connectivity index (χ4v) is 4.01. The Morgan fingerprint density at radius 1 is 0.967 bits per heavy atom. The molecule has 0 spiro atoms. The lowest BCUT2D eigenvalue weighted by Crippen LogP contribution is -2.14. The Hall–Kier alpha value is -2.49. The van der Waals surface area contributed by atoms with Crippen molar-refractivity contribution in [3.8, 4) is 17.1 Å². The van der Waals surface area contributed by atoms with E-state index in [1.165, 1.54) is 11.8 Å². The number of aromatic nitrogens is 4. The standard InChI is InChI=1S/C21H15Br2N5OS/c22-15-3-7-17(8-4-15)25-19(29)13-30-21-27-26-20(14-2-1-11-24-12-14)28(21)18-9-5-16(23)6-10-18/h1-12H,13H2,(H,25,29). The van der Waals surface area contributed by atoms with Crippen molar-refractivity contribution in [1.29, 1.82) is 0 Å². The first kappa shape index (κ1) is 20.8. The van der Waals surface area contributed by atoms with Gasteiger partial charge >= 0.3 is 0 Å². The summed E-state index contributed by atoms with van der Waals surface area (Å²) in [6.07, 6.45) is 3.46. The lowest BCUT2D eigenvalue weighted by Gasteiger charge is -2.10. The van der Waals surface area contributed by atoms with Crippen LogP contribution in [0.4, 0.5) is 5.69 Å². The van der Waals surface area contributed by atoms with E-state index >= 15 is 0 Å². The maximum atomic E-state index is 12.4. The molecule has 30 heavy (non-hydrogen) atoms. The first-order chi connectivity index (χ1) is 14.6. The second kappa shape index (κ2) is 9.55. The molecular formula is C21H15Br2N5OS. The maximum absolute atomic E-state index is 12.4. The normalized spacial score (nSPS) is 10.7. The van der Waals surface area contributed by atoms with Gasteiger partial charge in [0.25, 0.3) is 0 Å². The molecule has 9 heteroatoms. The van der Waals surface area contributed by atoms with E-state index in [2.05, 4.69) is 52.4 Å². The number of hydrogen-bond acceptors (Lipinski definition) is 5. The van der Waals surface area contributed by atoms with Crippen molar-refractivity contribution in [2.75, 3.05) is 11.1 Å². The Morgan fingerprint density at radius 2 is 1.67 bits per heavy atom. The number of halogens is 2. The fraction of sp³-hybridized carbons (Fsp3) is 0.0476. The van der Waals surface area contributed by atoms with Gasteiger partial charge in [-0.15, -0.1) is 10.2 Å². The minimum atomic E-state index is -0.115. The number of carbonyl (C=O) groups excluding carboxylic acids is 1. The van der Waals surface area contributed by atoms with E-state index in [1.807, 2.05) is 65.2 Å². The lowest BCUT2D eigenvalue weighted by molar-refractivity contribution is -0.113. The molecule has 0 radical (unpaired) electrons. The Bertz CT molecular complexity index is 1150. The molecule has 0 saturated carbocycles. The highest BCUT2D eigenvalue weighted by molar-refractivity contribution is 9.10. The fourth-order valence-electron chi connectivity index (χ4n) is 2.73. The van der Waals surface area contributed by atoms with Crippen LogP contribution in [0.2, 0.25) is 0 Å². The minimum absolute atomic E-state index is 0.115. The van der Waals surface area contributed by atoms with Gasteiger partial charge in [-0.25, -0.2) is 0 Å². The van der Waals surface area contributed by atoms with E-state index in [0.717, 1.165) is 25.9 Å². The van der Waals surface area contributed by atoms with Gasteiger partial charge in [-0.05, 0) is 60.7 Å². The molecule has 4 rings (SSSR count). The molecule has 0 unspecified atom stereocenters. The van der Waals surface area contributed by atoms with Crippen LogP contribution in [0.5, 0.6) is 0 Å². The van der Waals surface area contributed by atoms with Gasteiger partial charge in [0, 0.05) is 38.3 Å². The molecule has 1 amide bonds. The predicted molar refractivity (Wildman–Crippen MR) is 126 cm³/mol. The van der Waals surface area contributed by atoms with Crippen LogP contribution in [-0.2, 0) is 4.79 Å². The Kier molecular flexibility index (Phi) is 6.61. The highest BCUT2D eigenvalue weighted by Gasteiger charge is 2.17. The molecule has 4 aromatic rings. The van der Waals surface area contributed by atoms with Crippen LogP contribution < -0.4 is 5.32 Å². The molecular weight excluding hydrogens is 530 g/mol. The third-order valence-corrected chi connectivity index (χ3v) is 6.08. The molecule has 0 saturated heterocycles. The summed E-state index contributed by atoms with van der Waals surface area (Å²) in [6, 6.07) is 19.1. The average Bonchev–Trinajstić information content (AvgIpc) is 3.19. The van der Waals surface area contributed by atoms with E-state index in [-0.39, 0.29) is 11.7 Å². The third-order valence-electron chi connectivity index (χ3n) is 4.10. The van der Waals surface area contributed by atoms with Gasteiger partial charge in [-0.1, -0.05) is 43.6 Å². The van der Waals surface area contributed by atoms with E-state index in [1.54, 1.807) is 12.4 Å².